The van der Waals surface area contributed by atoms with Crippen molar-refractivity contribution in [2.24, 2.45) is 0 Å². The molecule has 170 valence electrons. The smallest absolute Gasteiger partial charge is 0.196 e. The summed E-state index contributed by atoms with van der Waals surface area (Å²) in [5.74, 6) is 2.39. The SMILES string of the molecule is COc1cccc(/C=C/c2nc3ccccc3n2-c2nc3ccccc3s2)c1OC1CCCC1. The average Bonchev–Trinajstić information content (AvgIpc) is 3.61. The Kier molecular flexibility index (Phi) is 5.51. The van der Waals surface area contributed by atoms with Crippen LogP contribution in [0.3, 0.4) is 0 Å². The predicted octanol–water partition coefficient (Wildman–Crippen LogP) is 7.14. The van der Waals surface area contributed by atoms with Gasteiger partial charge in [-0.25, -0.2) is 9.97 Å². The summed E-state index contributed by atoms with van der Waals surface area (Å²) in [6.07, 6.45) is 8.98. The van der Waals surface area contributed by atoms with Crippen LogP contribution in [-0.4, -0.2) is 27.7 Å². The van der Waals surface area contributed by atoms with E-state index < -0.39 is 0 Å². The Morgan fingerprint density at radius 2 is 1.68 bits per heavy atom. The lowest BCUT2D eigenvalue weighted by molar-refractivity contribution is 0.200. The molecule has 1 aliphatic rings. The molecule has 0 atom stereocenters. The minimum absolute atomic E-state index is 0.246. The predicted molar refractivity (Wildman–Crippen MR) is 139 cm³/mol. The Bertz CT molecular complexity index is 1460. The summed E-state index contributed by atoms with van der Waals surface area (Å²) >= 11 is 1.67. The van der Waals surface area contributed by atoms with Crippen LogP contribution in [0.1, 0.15) is 37.1 Å². The maximum atomic E-state index is 6.42. The number of rotatable bonds is 6. The largest absolute Gasteiger partial charge is 0.493 e. The lowest BCUT2D eigenvalue weighted by Crippen LogP contribution is -2.12. The van der Waals surface area contributed by atoms with Crippen LogP contribution in [0.4, 0.5) is 0 Å². The zero-order chi connectivity index (χ0) is 22.9. The number of fused-ring (bicyclic) bond motifs is 2. The summed E-state index contributed by atoms with van der Waals surface area (Å²) in [7, 11) is 1.69. The Morgan fingerprint density at radius 3 is 2.50 bits per heavy atom. The van der Waals surface area contributed by atoms with E-state index in [4.69, 9.17) is 19.4 Å². The first-order valence-corrected chi connectivity index (χ1v) is 12.5. The van der Waals surface area contributed by atoms with Gasteiger partial charge in [0.15, 0.2) is 16.6 Å². The molecule has 1 saturated carbocycles. The quantitative estimate of drug-likeness (QED) is 0.266. The van der Waals surface area contributed by atoms with E-state index in [1.165, 1.54) is 12.8 Å². The molecule has 34 heavy (non-hydrogen) atoms. The normalized spacial score (nSPS) is 14.5. The second kappa shape index (κ2) is 8.95. The third-order valence-corrected chi connectivity index (χ3v) is 7.31. The molecule has 0 amide bonds. The van der Waals surface area contributed by atoms with Crippen LogP contribution in [0.25, 0.3) is 38.5 Å². The minimum Gasteiger partial charge on any atom is -0.493 e. The lowest BCUT2D eigenvalue weighted by Gasteiger charge is -2.18. The highest BCUT2D eigenvalue weighted by atomic mass is 32.1. The second-order valence-electron chi connectivity index (χ2n) is 8.49. The fourth-order valence-corrected chi connectivity index (χ4v) is 5.59. The molecule has 5 nitrogen and oxygen atoms in total. The van der Waals surface area contributed by atoms with E-state index in [1.807, 2.05) is 54.6 Å². The van der Waals surface area contributed by atoms with Crippen molar-refractivity contribution >= 4 is 44.7 Å². The second-order valence-corrected chi connectivity index (χ2v) is 9.50. The third-order valence-electron chi connectivity index (χ3n) is 6.29. The maximum Gasteiger partial charge on any atom is 0.196 e. The number of nitrogens with zero attached hydrogens (tertiary/aromatic N) is 3. The fraction of sp³-hybridized carbons (Fsp3) is 0.214. The van der Waals surface area contributed by atoms with Gasteiger partial charge in [0, 0.05) is 5.56 Å². The molecule has 0 N–H and O–H groups in total. The molecule has 3 aromatic carbocycles. The molecular formula is C28H25N3O2S. The van der Waals surface area contributed by atoms with Crippen molar-refractivity contribution in [3.05, 3.63) is 78.1 Å². The summed E-state index contributed by atoms with van der Waals surface area (Å²) in [6, 6.07) is 22.4. The third kappa shape index (κ3) is 3.84. The topological polar surface area (TPSA) is 49.2 Å². The molecule has 6 heteroatoms. The first-order valence-electron chi connectivity index (χ1n) is 11.7. The molecule has 6 rings (SSSR count). The Labute approximate surface area is 202 Å². The molecule has 0 spiro atoms. The van der Waals surface area contributed by atoms with Gasteiger partial charge in [-0.05, 0) is 68.2 Å². The zero-order valence-corrected chi connectivity index (χ0v) is 19.8. The molecule has 0 bridgehead atoms. The maximum absolute atomic E-state index is 6.42. The van der Waals surface area contributed by atoms with Crippen molar-refractivity contribution in [3.8, 4) is 16.6 Å². The van der Waals surface area contributed by atoms with E-state index in [0.717, 1.165) is 62.1 Å². The van der Waals surface area contributed by atoms with Crippen molar-refractivity contribution in [1.82, 2.24) is 14.5 Å². The molecule has 2 aromatic heterocycles. The van der Waals surface area contributed by atoms with Crippen molar-refractivity contribution in [1.29, 1.82) is 0 Å². The van der Waals surface area contributed by atoms with Gasteiger partial charge in [0.05, 0.1) is 34.5 Å². The Hall–Kier alpha value is -3.64. The highest BCUT2D eigenvalue weighted by Gasteiger charge is 2.20. The van der Waals surface area contributed by atoms with Gasteiger partial charge >= 0.3 is 0 Å². The molecule has 1 aliphatic carbocycles. The molecular weight excluding hydrogens is 442 g/mol. The summed E-state index contributed by atoms with van der Waals surface area (Å²) in [4.78, 5) is 9.82. The van der Waals surface area contributed by atoms with E-state index in [-0.39, 0.29) is 6.10 Å². The van der Waals surface area contributed by atoms with Crippen LogP contribution in [0.2, 0.25) is 0 Å². The molecule has 1 fully saturated rings. The van der Waals surface area contributed by atoms with Crippen LogP contribution in [0.5, 0.6) is 11.5 Å². The molecule has 0 aliphatic heterocycles. The van der Waals surface area contributed by atoms with Crippen molar-refractivity contribution in [3.63, 3.8) is 0 Å². The van der Waals surface area contributed by atoms with E-state index >= 15 is 0 Å². The Balaban J connectivity index is 1.45. The number of thiazole rings is 1. The number of hydrogen-bond acceptors (Lipinski definition) is 5. The average molecular weight is 468 g/mol. The molecule has 2 heterocycles. The van der Waals surface area contributed by atoms with Gasteiger partial charge in [0.25, 0.3) is 0 Å². The number of hydrogen-bond donors (Lipinski definition) is 0. The highest BCUT2D eigenvalue weighted by molar-refractivity contribution is 7.20. The van der Waals surface area contributed by atoms with E-state index in [1.54, 1.807) is 18.4 Å². The van der Waals surface area contributed by atoms with Gasteiger partial charge in [-0.1, -0.05) is 47.7 Å². The van der Waals surface area contributed by atoms with Crippen LogP contribution in [0.15, 0.2) is 66.7 Å². The standard InChI is InChI=1S/C28H25N3O2S/c1-32-24-15-8-9-19(27(24)33-20-10-2-3-11-20)17-18-26-29-21-12-4-6-14-23(21)31(26)28-30-22-13-5-7-16-25(22)34-28/h4-9,12-18,20H,2-3,10-11H2,1H3/b18-17+. The van der Waals surface area contributed by atoms with E-state index in [2.05, 4.69) is 28.8 Å². The molecule has 5 aromatic rings. The summed E-state index contributed by atoms with van der Waals surface area (Å²) in [5.41, 5.74) is 3.95. The van der Waals surface area contributed by atoms with Crippen molar-refractivity contribution in [2.75, 3.05) is 7.11 Å². The van der Waals surface area contributed by atoms with Gasteiger partial charge in [0.1, 0.15) is 5.82 Å². The Morgan fingerprint density at radius 1 is 0.882 bits per heavy atom. The first kappa shape index (κ1) is 20.9. The van der Waals surface area contributed by atoms with Gasteiger partial charge in [-0.15, -0.1) is 0 Å². The number of benzene rings is 3. The zero-order valence-electron chi connectivity index (χ0n) is 19.0. The molecule has 0 saturated heterocycles. The fourth-order valence-electron chi connectivity index (χ4n) is 4.60. The number of ether oxygens (including phenoxy) is 2. The lowest BCUT2D eigenvalue weighted by atomic mass is 10.1. The van der Waals surface area contributed by atoms with Crippen molar-refractivity contribution in [2.45, 2.75) is 31.8 Å². The van der Waals surface area contributed by atoms with Crippen LogP contribution in [-0.2, 0) is 0 Å². The number of aromatic nitrogens is 3. The molecule has 0 unspecified atom stereocenters. The number of imidazole rings is 1. The number of para-hydroxylation sites is 4. The van der Waals surface area contributed by atoms with Gasteiger partial charge in [-0.3, -0.25) is 4.57 Å². The summed E-state index contributed by atoms with van der Waals surface area (Å²) in [6.45, 7) is 0. The van der Waals surface area contributed by atoms with Gasteiger partial charge < -0.3 is 9.47 Å². The van der Waals surface area contributed by atoms with Gasteiger partial charge in [-0.2, -0.15) is 0 Å². The van der Waals surface area contributed by atoms with Crippen LogP contribution in [0, 0.1) is 0 Å². The highest BCUT2D eigenvalue weighted by Crippen LogP contribution is 2.36. The minimum atomic E-state index is 0.246. The van der Waals surface area contributed by atoms with Crippen LogP contribution >= 0.6 is 11.3 Å². The van der Waals surface area contributed by atoms with Gasteiger partial charge in [0.2, 0.25) is 0 Å². The van der Waals surface area contributed by atoms with E-state index in [9.17, 15) is 0 Å². The summed E-state index contributed by atoms with van der Waals surface area (Å²) in [5, 5.41) is 0.905. The first-order chi connectivity index (χ1) is 16.8. The van der Waals surface area contributed by atoms with Crippen molar-refractivity contribution < 1.29 is 9.47 Å². The number of methoxy groups -OCH3 is 1. The molecule has 0 radical (unpaired) electrons. The van der Waals surface area contributed by atoms with E-state index in [0.29, 0.717) is 0 Å². The summed E-state index contributed by atoms with van der Waals surface area (Å²) < 4.78 is 15.3. The van der Waals surface area contributed by atoms with Crippen LogP contribution < -0.4 is 9.47 Å². The monoisotopic (exact) mass is 467 g/mol.